The van der Waals surface area contributed by atoms with Crippen LogP contribution in [0.3, 0.4) is 0 Å². The van der Waals surface area contributed by atoms with E-state index in [1.807, 2.05) is 25.7 Å². The van der Waals surface area contributed by atoms with Crippen LogP contribution in [0.1, 0.15) is 27.2 Å². The molecule has 19 heavy (non-hydrogen) atoms. The first-order valence-electron chi connectivity index (χ1n) is 6.80. The van der Waals surface area contributed by atoms with E-state index in [4.69, 9.17) is 22.7 Å². The summed E-state index contributed by atoms with van der Waals surface area (Å²) in [5, 5.41) is 0. The molecule has 0 aromatic heterocycles. The molecule has 110 valence electrons. The smallest absolute Gasteiger partial charge is 0.224 e. The summed E-state index contributed by atoms with van der Waals surface area (Å²) in [4.78, 5) is 16.6. The monoisotopic (exact) mass is 287 g/mol. The van der Waals surface area contributed by atoms with Crippen molar-refractivity contribution in [3.8, 4) is 0 Å². The third-order valence-electron chi connectivity index (χ3n) is 3.69. The van der Waals surface area contributed by atoms with Gasteiger partial charge in [0.1, 0.15) is 0 Å². The highest BCUT2D eigenvalue weighted by molar-refractivity contribution is 7.80. The average Bonchev–Trinajstić information content (AvgIpc) is 2.39. The Morgan fingerprint density at radius 2 is 1.89 bits per heavy atom. The summed E-state index contributed by atoms with van der Waals surface area (Å²) >= 11 is 5.10. The van der Waals surface area contributed by atoms with Crippen LogP contribution in [-0.4, -0.2) is 65.6 Å². The molecule has 5 nitrogen and oxygen atoms in total. The number of nitrogens with zero attached hydrogens (tertiary/aromatic N) is 2. The number of hydrogen-bond donors (Lipinski definition) is 1. The minimum absolute atomic E-state index is 0.168. The van der Waals surface area contributed by atoms with E-state index in [1.165, 1.54) is 0 Å². The molecule has 1 aliphatic heterocycles. The van der Waals surface area contributed by atoms with E-state index in [9.17, 15) is 4.79 Å². The molecule has 0 spiro atoms. The molecule has 1 aliphatic rings. The second-order valence-electron chi connectivity index (χ2n) is 5.24. The van der Waals surface area contributed by atoms with Crippen molar-refractivity contribution in [1.82, 2.24) is 9.80 Å². The van der Waals surface area contributed by atoms with E-state index in [0.29, 0.717) is 24.6 Å². The molecule has 0 aromatic rings. The first kappa shape index (κ1) is 16.3. The molecular weight excluding hydrogens is 262 g/mol. The fourth-order valence-electron chi connectivity index (χ4n) is 2.13. The van der Waals surface area contributed by atoms with Crippen LogP contribution in [0.5, 0.6) is 0 Å². The lowest BCUT2D eigenvalue weighted by Gasteiger charge is -2.43. The third kappa shape index (κ3) is 4.40. The van der Waals surface area contributed by atoms with Crippen molar-refractivity contribution in [3.05, 3.63) is 0 Å². The number of hydrogen-bond acceptors (Lipinski definition) is 4. The zero-order chi connectivity index (χ0) is 14.5. The number of thiocarbonyl (C=S) groups is 1. The summed E-state index contributed by atoms with van der Waals surface area (Å²) in [5.41, 5.74) is 5.49. The quantitative estimate of drug-likeness (QED) is 0.573. The highest BCUT2D eigenvalue weighted by atomic mass is 32.1. The maximum Gasteiger partial charge on any atom is 0.224 e. The van der Waals surface area contributed by atoms with Gasteiger partial charge in [0, 0.05) is 32.8 Å². The third-order valence-corrected chi connectivity index (χ3v) is 4.19. The Morgan fingerprint density at radius 3 is 2.37 bits per heavy atom. The Kier molecular flexibility index (Phi) is 6.16. The number of rotatable bonds is 6. The Morgan fingerprint density at radius 1 is 1.32 bits per heavy atom. The molecule has 0 unspecified atom stereocenters. The first-order chi connectivity index (χ1) is 8.89. The molecule has 1 fully saturated rings. The Hall–Kier alpha value is -0.720. The highest BCUT2D eigenvalue weighted by Gasteiger charge is 2.33. The summed E-state index contributed by atoms with van der Waals surface area (Å²) in [6.07, 6.45) is 0.465. The SMILES string of the molecule is CCOCCC(=O)N1CCN(C(C)(C)C(N)=S)CC1. The zero-order valence-electron chi connectivity index (χ0n) is 12.1. The molecule has 6 heteroatoms. The predicted octanol–water partition coefficient (Wildman–Crippen LogP) is 0.622. The van der Waals surface area contributed by atoms with Crippen molar-refractivity contribution in [3.63, 3.8) is 0 Å². The van der Waals surface area contributed by atoms with E-state index >= 15 is 0 Å². The van der Waals surface area contributed by atoms with E-state index in [1.54, 1.807) is 0 Å². The van der Waals surface area contributed by atoms with Crippen LogP contribution in [-0.2, 0) is 9.53 Å². The van der Waals surface area contributed by atoms with Crippen molar-refractivity contribution < 1.29 is 9.53 Å². The van der Waals surface area contributed by atoms with Gasteiger partial charge in [0.25, 0.3) is 0 Å². The molecule has 0 saturated carbocycles. The van der Waals surface area contributed by atoms with Gasteiger partial charge in [0.2, 0.25) is 5.91 Å². The Balaban J connectivity index is 2.40. The fourth-order valence-corrected chi connectivity index (χ4v) is 2.26. The molecule has 2 N–H and O–H groups in total. The maximum absolute atomic E-state index is 11.9. The van der Waals surface area contributed by atoms with Crippen LogP contribution in [0.2, 0.25) is 0 Å². The van der Waals surface area contributed by atoms with E-state index in [2.05, 4.69) is 4.90 Å². The zero-order valence-corrected chi connectivity index (χ0v) is 13.0. The standard InChI is InChI=1S/C13H25N3O2S/c1-4-18-10-5-11(17)15-6-8-16(9-7-15)13(2,3)12(14)19/h4-10H2,1-3H3,(H2,14,19). The first-order valence-corrected chi connectivity index (χ1v) is 7.21. The van der Waals surface area contributed by atoms with Gasteiger partial charge in [-0.1, -0.05) is 12.2 Å². The maximum atomic E-state index is 11.9. The molecule has 1 saturated heterocycles. The summed E-state index contributed by atoms with van der Waals surface area (Å²) in [5.74, 6) is 0.168. The van der Waals surface area contributed by atoms with Gasteiger partial charge in [-0.25, -0.2) is 0 Å². The highest BCUT2D eigenvalue weighted by Crippen LogP contribution is 2.17. The predicted molar refractivity (Wildman–Crippen MR) is 80.1 cm³/mol. The summed E-state index contributed by atoms with van der Waals surface area (Å²) in [6.45, 7) is 10.2. The number of ether oxygens (including phenoxy) is 1. The van der Waals surface area contributed by atoms with E-state index in [0.717, 1.165) is 26.2 Å². The number of piperazine rings is 1. The van der Waals surface area contributed by atoms with Gasteiger partial charge in [-0.05, 0) is 20.8 Å². The number of amides is 1. The molecule has 0 aliphatic carbocycles. The van der Waals surface area contributed by atoms with Gasteiger partial charge in [-0.3, -0.25) is 9.69 Å². The average molecular weight is 287 g/mol. The lowest BCUT2D eigenvalue weighted by molar-refractivity contribution is -0.134. The minimum atomic E-state index is -0.282. The largest absolute Gasteiger partial charge is 0.392 e. The molecule has 1 amide bonds. The van der Waals surface area contributed by atoms with E-state index < -0.39 is 0 Å². The number of nitrogens with two attached hydrogens (primary N) is 1. The second kappa shape index (κ2) is 7.17. The van der Waals surface area contributed by atoms with Gasteiger partial charge in [-0.15, -0.1) is 0 Å². The summed E-state index contributed by atoms with van der Waals surface area (Å²) in [6, 6.07) is 0. The Labute approximate surface area is 121 Å². The van der Waals surface area contributed by atoms with Crippen molar-refractivity contribution in [2.24, 2.45) is 5.73 Å². The van der Waals surface area contributed by atoms with Crippen LogP contribution in [0.25, 0.3) is 0 Å². The van der Waals surface area contributed by atoms with Crippen molar-refractivity contribution in [2.45, 2.75) is 32.7 Å². The van der Waals surface area contributed by atoms with Gasteiger partial charge in [-0.2, -0.15) is 0 Å². The fraction of sp³-hybridized carbons (Fsp3) is 0.846. The lowest BCUT2D eigenvalue weighted by Crippen LogP contribution is -2.59. The topological polar surface area (TPSA) is 58.8 Å². The Bertz CT molecular complexity index is 326. The van der Waals surface area contributed by atoms with Crippen LogP contribution in [0.4, 0.5) is 0 Å². The molecular formula is C13H25N3O2S. The van der Waals surface area contributed by atoms with Gasteiger partial charge >= 0.3 is 0 Å². The van der Waals surface area contributed by atoms with Crippen molar-refractivity contribution in [1.29, 1.82) is 0 Å². The number of carbonyl (C=O) groups is 1. The lowest BCUT2D eigenvalue weighted by atomic mass is 10.0. The van der Waals surface area contributed by atoms with Gasteiger partial charge in [0.05, 0.1) is 23.6 Å². The summed E-state index contributed by atoms with van der Waals surface area (Å²) < 4.78 is 5.21. The molecule has 0 bridgehead atoms. The molecule has 0 atom stereocenters. The second-order valence-corrected chi connectivity index (χ2v) is 5.68. The normalized spacial score (nSPS) is 17.5. The minimum Gasteiger partial charge on any atom is -0.392 e. The van der Waals surface area contributed by atoms with Crippen molar-refractivity contribution in [2.75, 3.05) is 39.4 Å². The van der Waals surface area contributed by atoms with Crippen LogP contribution >= 0.6 is 12.2 Å². The van der Waals surface area contributed by atoms with Crippen molar-refractivity contribution >= 4 is 23.1 Å². The van der Waals surface area contributed by atoms with Crippen LogP contribution in [0, 0.1) is 0 Å². The molecule has 0 radical (unpaired) electrons. The van der Waals surface area contributed by atoms with Gasteiger partial charge < -0.3 is 15.4 Å². The van der Waals surface area contributed by atoms with Crippen LogP contribution in [0.15, 0.2) is 0 Å². The van der Waals surface area contributed by atoms with Gasteiger partial charge in [0.15, 0.2) is 0 Å². The van der Waals surface area contributed by atoms with E-state index in [-0.39, 0.29) is 11.4 Å². The number of carbonyl (C=O) groups excluding carboxylic acids is 1. The molecule has 1 rings (SSSR count). The molecule has 1 heterocycles. The summed E-state index contributed by atoms with van der Waals surface area (Å²) in [7, 11) is 0. The molecule has 0 aromatic carbocycles. The van der Waals surface area contributed by atoms with Crippen LogP contribution < -0.4 is 5.73 Å².